The molecule has 1 aromatic heterocycles. The maximum absolute atomic E-state index is 12.6. The Morgan fingerprint density at radius 1 is 1.10 bits per heavy atom. The number of aromatic nitrogens is 1. The molecule has 146 valence electrons. The zero-order valence-electron chi connectivity index (χ0n) is 15.0. The van der Waals surface area contributed by atoms with Crippen LogP contribution in [0.2, 0.25) is 5.02 Å². The SMILES string of the molecule is O=CC(=O)C(=C(O)c1ccc(Cl)cc1)C(Nc1cc(Br)ccn1)c1ccccc1. The molecule has 0 aliphatic rings. The average Bonchev–Trinajstić information content (AvgIpc) is 2.74. The van der Waals surface area contributed by atoms with Crippen LogP contribution in [0.4, 0.5) is 5.82 Å². The predicted molar refractivity (Wildman–Crippen MR) is 117 cm³/mol. The van der Waals surface area contributed by atoms with Crippen LogP contribution in [0.25, 0.3) is 5.76 Å². The standard InChI is InChI=1S/C22H16BrClN2O3/c23-16-10-11-25-19(12-16)26-21(14-4-2-1-3-5-14)20(18(28)13-27)22(29)15-6-8-17(24)9-7-15/h1-13,21,29H,(H,25,26). The number of aliphatic hydroxyl groups excluding tert-OH is 1. The normalized spacial score (nSPS) is 12.6. The largest absolute Gasteiger partial charge is 0.507 e. The van der Waals surface area contributed by atoms with Gasteiger partial charge in [-0.1, -0.05) is 57.9 Å². The molecular weight excluding hydrogens is 456 g/mol. The number of carbonyl (C=O) groups excluding carboxylic acids is 2. The van der Waals surface area contributed by atoms with Gasteiger partial charge < -0.3 is 10.4 Å². The molecule has 0 spiro atoms. The number of rotatable bonds is 7. The second-order valence-electron chi connectivity index (χ2n) is 6.10. The number of halogens is 2. The number of hydrogen-bond donors (Lipinski definition) is 2. The molecule has 0 saturated carbocycles. The van der Waals surface area contributed by atoms with Crippen LogP contribution >= 0.6 is 27.5 Å². The first kappa shape index (κ1) is 20.8. The summed E-state index contributed by atoms with van der Waals surface area (Å²) in [4.78, 5) is 28.2. The van der Waals surface area contributed by atoms with Crippen molar-refractivity contribution < 1.29 is 14.7 Å². The molecular formula is C22H16BrClN2O3. The Bertz CT molecular complexity index is 1050. The summed E-state index contributed by atoms with van der Waals surface area (Å²) in [7, 11) is 0. The highest BCUT2D eigenvalue weighted by Gasteiger charge is 2.27. The number of ketones is 1. The van der Waals surface area contributed by atoms with Gasteiger partial charge in [-0.3, -0.25) is 9.59 Å². The van der Waals surface area contributed by atoms with Gasteiger partial charge >= 0.3 is 0 Å². The molecule has 0 saturated heterocycles. The smallest absolute Gasteiger partial charge is 0.227 e. The number of Topliss-reactive ketones (excluding diaryl/α,β-unsaturated/α-hetero) is 1. The van der Waals surface area contributed by atoms with Crippen molar-refractivity contribution in [3.63, 3.8) is 0 Å². The fourth-order valence-electron chi connectivity index (χ4n) is 2.82. The van der Waals surface area contributed by atoms with Crippen molar-refractivity contribution >= 4 is 51.2 Å². The summed E-state index contributed by atoms with van der Waals surface area (Å²) in [6, 6.07) is 18.1. The highest BCUT2D eigenvalue weighted by Crippen LogP contribution is 2.32. The third kappa shape index (κ3) is 5.10. The zero-order chi connectivity index (χ0) is 20.8. The molecule has 2 aromatic carbocycles. The molecule has 7 heteroatoms. The van der Waals surface area contributed by atoms with Crippen LogP contribution in [-0.4, -0.2) is 22.2 Å². The molecule has 0 aliphatic carbocycles. The number of nitrogens with zero attached hydrogens (tertiary/aromatic N) is 1. The quantitative estimate of drug-likeness (QED) is 0.209. The summed E-state index contributed by atoms with van der Waals surface area (Å²) in [6.07, 6.45) is 1.78. The van der Waals surface area contributed by atoms with Crippen molar-refractivity contribution in [2.24, 2.45) is 0 Å². The molecule has 0 radical (unpaired) electrons. The van der Waals surface area contributed by atoms with Crippen molar-refractivity contribution in [1.82, 2.24) is 4.98 Å². The molecule has 2 N–H and O–H groups in total. The molecule has 3 rings (SSSR count). The summed E-state index contributed by atoms with van der Waals surface area (Å²) in [5.74, 6) is -0.683. The number of aliphatic hydroxyl groups is 1. The first-order valence-electron chi connectivity index (χ1n) is 8.61. The molecule has 5 nitrogen and oxygen atoms in total. The Morgan fingerprint density at radius 3 is 2.41 bits per heavy atom. The molecule has 0 bridgehead atoms. The van der Waals surface area contributed by atoms with Gasteiger partial charge in [0, 0.05) is 21.3 Å². The molecule has 0 fully saturated rings. The topological polar surface area (TPSA) is 79.3 Å². The van der Waals surface area contributed by atoms with Crippen LogP contribution < -0.4 is 5.32 Å². The van der Waals surface area contributed by atoms with E-state index in [2.05, 4.69) is 26.2 Å². The average molecular weight is 472 g/mol. The minimum atomic E-state index is -0.839. The van der Waals surface area contributed by atoms with E-state index in [-0.39, 0.29) is 17.6 Å². The Labute approximate surface area is 181 Å². The summed E-state index contributed by atoms with van der Waals surface area (Å²) < 4.78 is 0.788. The number of pyridine rings is 1. The summed E-state index contributed by atoms with van der Waals surface area (Å²) in [5, 5.41) is 14.6. The van der Waals surface area contributed by atoms with Gasteiger partial charge in [0.05, 0.1) is 11.6 Å². The maximum atomic E-state index is 12.6. The highest BCUT2D eigenvalue weighted by atomic mass is 79.9. The fourth-order valence-corrected chi connectivity index (χ4v) is 3.28. The summed E-state index contributed by atoms with van der Waals surface area (Å²) >= 11 is 9.30. The lowest BCUT2D eigenvalue weighted by Crippen LogP contribution is -2.22. The second-order valence-corrected chi connectivity index (χ2v) is 7.45. The molecule has 0 amide bonds. The minimum Gasteiger partial charge on any atom is -0.507 e. The van der Waals surface area contributed by atoms with E-state index < -0.39 is 11.8 Å². The minimum absolute atomic E-state index is 0.0877. The Kier molecular flexibility index (Phi) is 6.80. The lowest BCUT2D eigenvalue weighted by Gasteiger charge is -2.22. The lowest BCUT2D eigenvalue weighted by atomic mass is 9.92. The number of aldehydes is 1. The van der Waals surface area contributed by atoms with Crippen LogP contribution in [0, 0.1) is 0 Å². The Morgan fingerprint density at radius 2 is 1.79 bits per heavy atom. The number of carbonyl (C=O) groups is 2. The monoisotopic (exact) mass is 470 g/mol. The van der Waals surface area contributed by atoms with E-state index in [0.29, 0.717) is 22.0 Å². The first-order chi connectivity index (χ1) is 14.0. The fraction of sp³-hybridized carbons (Fsp3) is 0.0455. The Balaban J connectivity index is 2.17. The molecule has 3 aromatic rings. The number of nitrogens with one attached hydrogen (secondary N) is 1. The van der Waals surface area contributed by atoms with Gasteiger partial charge in [-0.15, -0.1) is 0 Å². The van der Waals surface area contributed by atoms with E-state index in [1.54, 1.807) is 66.9 Å². The third-order valence-electron chi connectivity index (χ3n) is 4.18. The van der Waals surface area contributed by atoms with E-state index in [0.717, 1.165) is 4.47 Å². The van der Waals surface area contributed by atoms with Gasteiger partial charge in [-0.05, 0) is 42.0 Å². The summed E-state index contributed by atoms with van der Waals surface area (Å²) in [5.41, 5.74) is 0.958. The van der Waals surface area contributed by atoms with Crippen molar-refractivity contribution in [3.05, 3.63) is 99.1 Å². The van der Waals surface area contributed by atoms with Crippen LogP contribution in [-0.2, 0) is 9.59 Å². The third-order valence-corrected chi connectivity index (χ3v) is 4.93. The van der Waals surface area contributed by atoms with Crippen molar-refractivity contribution in [2.75, 3.05) is 5.32 Å². The number of anilines is 1. The molecule has 0 aliphatic heterocycles. The maximum Gasteiger partial charge on any atom is 0.227 e. The molecule has 1 unspecified atom stereocenters. The molecule has 1 atom stereocenters. The molecule has 29 heavy (non-hydrogen) atoms. The predicted octanol–water partition coefficient (Wildman–Crippen LogP) is 5.39. The van der Waals surface area contributed by atoms with Gasteiger partial charge in [0.25, 0.3) is 0 Å². The number of benzene rings is 2. The van der Waals surface area contributed by atoms with Crippen LogP contribution in [0.15, 0.2) is 83.0 Å². The highest BCUT2D eigenvalue weighted by molar-refractivity contribution is 9.10. The lowest BCUT2D eigenvalue weighted by molar-refractivity contribution is -0.127. The second kappa shape index (κ2) is 9.49. The van der Waals surface area contributed by atoms with Gasteiger partial charge in [-0.2, -0.15) is 0 Å². The first-order valence-corrected chi connectivity index (χ1v) is 9.78. The van der Waals surface area contributed by atoms with Gasteiger partial charge in [0.15, 0.2) is 6.29 Å². The van der Waals surface area contributed by atoms with E-state index >= 15 is 0 Å². The van der Waals surface area contributed by atoms with E-state index in [4.69, 9.17) is 11.6 Å². The van der Waals surface area contributed by atoms with Gasteiger partial charge in [0.1, 0.15) is 11.6 Å². The van der Waals surface area contributed by atoms with Crippen LogP contribution in [0.3, 0.4) is 0 Å². The summed E-state index contributed by atoms with van der Waals surface area (Å²) in [6.45, 7) is 0. The zero-order valence-corrected chi connectivity index (χ0v) is 17.4. The Hall–Kier alpha value is -2.96. The van der Waals surface area contributed by atoms with E-state index in [1.165, 1.54) is 0 Å². The van der Waals surface area contributed by atoms with Gasteiger partial charge in [-0.25, -0.2) is 4.98 Å². The van der Waals surface area contributed by atoms with E-state index in [1.807, 2.05) is 6.07 Å². The number of hydrogen-bond acceptors (Lipinski definition) is 5. The van der Waals surface area contributed by atoms with Gasteiger partial charge in [0.2, 0.25) is 5.78 Å². The molecule has 1 heterocycles. The van der Waals surface area contributed by atoms with Crippen molar-refractivity contribution in [3.8, 4) is 0 Å². The van der Waals surface area contributed by atoms with Crippen molar-refractivity contribution in [1.29, 1.82) is 0 Å². The van der Waals surface area contributed by atoms with Crippen LogP contribution in [0.1, 0.15) is 17.2 Å². The van der Waals surface area contributed by atoms with Crippen molar-refractivity contribution in [2.45, 2.75) is 6.04 Å². The van der Waals surface area contributed by atoms with Crippen LogP contribution in [0.5, 0.6) is 0 Å². The van der Waals surface area contributed by atoms with E-state index in [9.17, 15) is 14.7 Å².